The second-order valence-electron chi connectivity index (χ2n) is 8.11. The second-order valence-corrected chi connectivity index (χ2v) is 10.9. The average molecular weight is 603 g/mol. The van der Waals surface area contributed by atoms with E-state index < -0.39 is 69.6 Å². The number of nitrogens with zero attached hydrogens (tertiary/aromatic N) is 4. The Morgan fingerprint density at radius 2 is 1.27 bits per heavy atom. The molecule has 0 fully saturated rings. The molecule has 0 unspecified atom stereocenters. The first kappa shape index (κ1) is 29.0. The molecule has 0 saturated carbocycles. The second kappa shape index (κ2) is 10.9. The van der Waals surface area contributed by atoms with E-state index in [4.69, 9.17) is 4.74 Å². The Labute approximate surface area is 231 Å². The van der Waals surface area contributed by atoms with Crippen LogP contribution in [-0.4, -0.2) is 54.3 Å². The summed E-state index contributed by atoms with van der Waals surface area (Å²) in [5.41, 5.74) is -2.16. The van der Waals surface area contributed by atoms with E-state index in [1.54, 1.807) is 0 Å². The molecule has 0 radical (unpaired) electrons. The highest BCUT2D eigenvalue weighted by Crippen LogP contribution is 2.50. The van der Waals surface area contributed by atoms with Crippen LogP contribution in [0, 0.1) is 0 Å². The molecular formula is C24H18N4O11S2. The van der Waals surface area contributed by atoms with Crippen LogP contribution in [0.2, 0.25) is 0 Å². The van der Waals surface area contributed by atoms with Gasteiger partial charge in [-0.15, -0.1) is 15.3 Å². The Morgan fingerprint density at radius 1 is 0.756 bits per heavy atom. The molecule has 5 N–H and O–H groups in total. The fourth-order valence-electron chi connectivity index (χ4n) is 3.65. The SMILES string of the molecule is COc1ccc(N=Nc2c(S(=O)(=O)O)cc3cc(S(=O)(=O)O)c(N=Nc4ccccc4C(=O)O)c(O)c3c2O)cc1. The number of phenols is 2. The standard InChI is InChI=1S/C24H18N4O11S2/c1-39-14-8-6-13(7-9-14)25-27-20-17(40(33,34)35)10-12-11-18(41(36,37)38)21(23(30)19(12)22(20)29)28-26-16-5-3-2-4-15(16)24(31)32/h2-11,29-30H,1H3,(H,31,32)(H,33,34,35)(H,36,37,38). The van der Waals surface area contributed by atoms with Gasteiger partial charge in [0.1, 0.15) is 32.6 Å². The Kier molecular flexibility index (Phi) is 7.71. The predicted molar refractivity (Wildman–Crippen MR) is 142 cm³/mol. The van der Waals surface area contributed by atoms with Gasteiger partial charge in [-0.3, -0.25) is 9.11 Å². The van der Waals surface area contributed by atoms with Crippen LogP contribution in [0.5, 0.6) is 17.2 Å². The fourth-order valence-corrected chi connectivity index (χ4v) is 4.97. The zero-order chi connectivity index (χ0) is 30.1. The van der Waals surface area contributed by atoms with Gasteiger partial charge in [0.2, 0.25) is 0 Å². The van der Waals surface area contributed by atoms with Gasteiger partial charge in [-0.2, -0.15) is 21.9 Å². The lowest BCUT2D eigenvalue weighted by molar-refractivity contribution is 0.0697. The van der Waals surface area contributed by atoms with Crippen molar-refractivity contribution in [3.63, 3.8) is 0 Å². The molecule has 41 heavy (non-hydrogen) atoms. The molecule has 0 heterocycles. The summed E-state index contributed by atoms with van der Waals surface area (Å²) in [6, 6.07) is 12.5. The van der Waals surface area contributed by atoms with Gasteiger partial charge in [0.25, 0.3) is 20.2 Å². The summed E-state index contributed by atoms with van der Waals surface area (Å²) < 4.78 is 73.2. The highest BCUT2D eigenvalue weighted by molar-refractivity contribution is 7.86. The van der Waals surface area contributed by atoms with Crippen LogP contribution in [0.3, 0.4) is 0 Å². The molecule has 0 atom stereocenters. The lowest BCUT2D eigenvalue weighted by atomic mass is 10.1. The van der Waals surface area contributed by atoms with Crippen molar-refractivity contribution in [3.8, 4) is 17.2 Å². The largest absolute Gasteiger partial charge is 0.505 e. The minimum Gasteiger partial charge on any atom is -0.505 e. The first-order valence-corrected chi connectivity index (χ1v) is 13.9. The van der Waals surface area contributed by atoms with Crippen molar-refractivity contribution in [1.29, 1.82) is 0 Å². The summed E-state index contributed by atoms with van der Waals surface area (Å²) >= 11 is 0. The number of fused-ring (bicyclic) bond motifs is 1. The summed E-state index contributed by atoms with van der Waals surface area (Å²) in [4.78, 5) is 9.39. The van der Waals surface area contributed by atoms with Gasteiger partial charge in [0, 0.05) is 0 Å². The molecule has 0 aliphatic carbocycles. The molecule has 4 aromatic carbocycles. The summed E-state index contributed by atoms with van der Waals surface area (Å²) in [6.07, 6.45) is 0. The van der Waals surface area contributed by atoms with Crippen LogP contribution in [0.4, 0.5) is 22.7 Å². The van der Waals surface area contributed by atoms with Crippen molar-refractivity contribution >= 4 is 59.7 Å². The van der Waals surface area contributed by atoms with Crippen LogP contribution in [0.15, 0.2) is 90.9 Å². The zero-order valence-electron chi connectivity index (χ0n) is 20.6. The molecule has 4 aromatic rings. The number of methoxy groups -OCH3 is 1. The number of carboxylic acid groups (broad SMARTS) is 1. The number of phenolic OH excluding ortho intramolecular Hbond substituents is 2. The summed E-state index contributed by atoms with van der Waals surface area (Å²) in [7, 11) is -8.86. The molecule has 4 rings (SSSR count). The average Bonchev–Trinajstić information content (AvgIpc) is 2.90. The molecule has 0 aliphatic heterocycles. The van der Waals surface area contributed by atoms with Crippen LogP contribution in [-0.2, 0) is 20.2 Å². The van der Waals surface area contributed by atoms with Gasteiger partial charge in [-0.1, -0.05) is 12.1 Å². The third-order valence-electron chi connectivity index (χ3n) is 5.54. The number of ether oxygens (including phenoxy) is 1. The fraction of sp³-hybridized carbons (Fsp3) is 0.0417. The van der Waals surface area contributed by atoms with Crippen LogP contribution in [0.25, 0.3) is 10.8 Å². The van der Waals surface area contributed by atoms with E-state index in [2.05, 4.69) is 20.5 Å². The molecule has 0 spiro atoms. The van der Waals surface area contributed by atoms with Crippen molar-refractivity contribution in [1.82, 2.24) is 0 Å². The van der Waals surface area contributed by atoms with Crippen LogP contribution >= 0.6 is 0 Å². The van der Waals surface area contributed by atoms with Gasteiger partial charge >= 0.3 is 5.97 Å². The maximum atomic E-state index is 12.2. The maximum absolute atomic E-state index is 12.2. The number of aromatic hydroxyl groups is 2. The van der Waals surface area contributed by atoms with Crippen LogP contribution < -0.4 is 4.74 Å². The number of carbonyl (C=O) groups is 1. The van der Waals surface area contributed by atoms with Crippen molar-refractivity contribution in [2.24, 2.45) is 20.5 Å². The van der Waals surface area contributed by atoms with Gasteiger partial charge in [-0.25, -0.2) is 4.79 Å². The topological polar surface area (TPSA) is 245 Å². The predicted octanol–water partition coefficient (Wildman–Crippen LogP) is 5.28. The Morgan fingerprint density at radius 3 is 1.76 bits per heavy atom. The van der Waals surface area contributed by atoms with E-state index >= 15 is 0 Å². The smallest absolute Gasteiger partial charge is 0.337 e. The van der Waals surface area contributed by atoms with Gasteiger partial charge < -0.3 is 20.1 Å². The monoisotopic (exact) mass is 602 g/mol. The lowest BCUT2D eigenvalue weighted by Gasteiger charge is -2.13. The summed E-state index contributed by atoms with van der Waals surface area (Å²) in [5.74, 6) is -3.08. The lowest BCUT2D eigenvalue weighted by Crippen LogP contribution is -2.02. The van der Waals surface area contributed by atoms with E-state index in [9.17, 15) is 46.1 Å². The molecule has 17 heteroatoms. The molecule has 15 nitrogen and oxygen atoms in total. The number of benzene rings is 4. The molecule has 0 amide bonds. The van der Waals surface area contributed by atoms with Crippen molar-refractivity contribution in [2.75, 3.05) is 7.11 Å². The first-order valence-electron chi connectivity index (χ1n) is 11.0. The molecule has 0 bridgehead atoms. The number of carboxylic acids is 1. The first-order chi connectivity index (χ1) is 19.2. The molecular weight excluding hydrogens is 584 g/mol. The zero-order valence-corrected chi connectivity index (χ0v) is 22.2. The van der Waals surface area contributed by atoms with Crippen LogP contribution in [0.1, 0.15) is 10.4 Å². The number of aromatic carboxylic acids is 1. The van der Waals surface area contributed by atoms with E-state index in [1.807, 2.05) is 0 Å². The van der Waals surface area contributed by atoms with Gasteiger partial charge in [0.15, 0.2) is 11.5 Å². The highest BCUT2D eigenvalue weighted by atomic mass is 32.2. The van der Waals surface area contributed by atoms with Gasteiger partial charge in [0.05, 0.1) is 23.7 Å². The molecule has 212 valence electrons. The summed E-state index contributed by atoms with van der Waals surface area (Å²) in [5, 5.41) is 45.1. The Hall–Kier alpha value is -4.97. The van der Waals surface area contributed by atoms with E-state index in [0.29, 0.717) is 17.9 Å². The Bertz CT molecular complexity index is 1970. The normalized spacial score (nSPS) is 12.4. The molecule has 0 saturated heterocycles. The van der Waals surface area contributed by atoms with Gasteiger partial charge in [-0.05, 0) is 53.9 Å². The minimum atomic E-state index is -5.18. The maximum Gasteiger partial charge on any atom is 0.337 e. The Balaban J connectivity index is 2.01. The quantitative estimate of drug-likeness (QED) is 0.128. The highest BCUT2D eigenvalue weighted by Gasteiger charge is 2.29. The van der Waals surface area contributed by atoms with E-state index in [0.717, 1.165) is 0 Å². The number of rotatable bonds is 8. The third-order valence-corrected chi connectivity index (χ3v) is 7.27. The van der Waals surface area contributed by atoms with E-state index in [1.165, 1.54) is 55.6 Å². The summed E-state index contributed by atoms with van der Waals surface area (Å²) in [6.45, 7) is 0. The minimum absolute atomic E-state index is 0.170. The van der Waals surface area contributed by atoms with E-state index in [-0.39, 0.29) is 16.9 Å². The third kappa shape index (κ3) is 5.97. The number of hydrogen-bond donors (Lipinski definition) is 5. The number of azo groups is 2. The van der Waals surface area contributed by atoms with Crippen molar-refractivity contribution in [2.45, 2.75) is 9.79 Å². The van der Waals surface area contributed by atoms with Crippen molar-refractivity contribution < 1.29 is 50.8 Å². The molecule has 0 aromatic heterocycles. The van der Waals surface area contributed by atoms with Crippen molar-refractivity contribution in [3.05, 3.63) is 66.2 Å². The number of hydrogen-bond acceptors (Lipinski definition) is 12. The molecule has 0 aliphatic rings.